The van der Waals surface area contributed by atoms with Gasteiger partial charge in [-0.15, -0.1) is 10.2 Å². The summed E-state index contributed by atoms with van der Waals surface area (Å²) < 4.78 is 1.58. The third kappa shape index (κ3) is 2.65. The molecule has 0 radical (unpaired) electrons. The Kier molecular flexibility index (Phi) is 3.69. The number of aromatic nitrogens is 5. The molecule has 134 valence electrons. The van der Waals surface area contributed by atoms with E-state index in [9.17, 15) is 4.79 Å². The molecule has 1 saturated heterocycles. The van der Waals surface area contributed by atoms with Gasteiger partial charge in [0.15, 0.2) is 11.6 Å². The Morgan fingerprint density at radius 2 is 1.81 bits per heavy atom. The van der Waals surface area contributed by atoms with Crippen molar-refractivity contribution in [1.82, 2.24) is 29.9 Å². The molecule has 2 aromatic rings. The molecule has 0 spiro atoms. The van der Waals surface area contributed by atoms with Crippen LogP contribution in [0.5, 0.6) is 0 Å². The number of rotatable bonds is 3. The first-order valence-corrected chi connectivity index (χ1v) is 9.19. The van der Waals surface area contributed by atoms with E-state index in [1.807, 2.05) is 17.0 Å². The molecule has 2 bridgehead atoms. The maximum Gasteiger partial charge on any atom is 0.226 e. The first-order chi connectivity index (χ1) is 12.8. The third-order valence-corrected chi connectivity index (χ3v) is 5.80. The van der Waals surface area contributed by atoms with Crippen LogP contribution in [0.3, 0.4) is 0 Å². The Labute approximate surface area is 151 Å². The monoisotopic (exact) mass is 351 g/mol. The minimum Gasteiger partial charge on any atom is -0.352 e. The Hall–Kier alpha value is -2.77. The third-order valence-electron chi connectivity index (χ3n) is 5.80. The smallest absolute Gasteiger partial charge is 0.226 e. The van der Waals surface area contributed by atoms with E-state index >= 15 is 0 Å². The number of nitrogens with zero attached hydrogens (tertiary/aromatic N) is 7. The highest BCUT2D eigenvalue weighted by Gasteiger charge is 2.41. The second-order valence-corrected chi connectivity index (χ2v) is 7.29. The predicted molar refractivity (Wildman–Crippen MR) is 94.6 cm³/mol. The summed E-state index contributed by atoms with van der Waals surface area (Å²) in [4.78, 5) is 21.0. The van der Waals surface area contributed by atoms with Crippen molar-refractivity contribution >= 4 is 11.7 Å². The zero-order chi connectivity index (χ0) is 17.5. The number of fused-ring (bicyclic) bond motifs is 2. The van der Waals surface area contributed by atoms with E-state index in [0.717, 1.165) is 38.4 Å². The summed E-state index contributed by atoms with van der Waals surface area (Å²) >= 11 is 0. The van der Waals surface area contributed by atoms with Gasteiger partial charge in [-0.1, -0.05) is 12.2 Å². The number of anilines is 1. The van der Waals surface area contributed by atoms with Crippen LogP contribution in [0.4, 0.5) is 5.82 Å². The number of carbonyl (C=O) groups excluding carboxylic acids is 1. The summed E-state index contributed by atoms with van der Waals surface area (Å²) in [5, 5.41) is 12.6. The average Bonchev–Trinajstić information content (AvgIpc) is 3.45. The number of hydrogen-bond donors (Lipinski definition) is 0. The van der Waals surface area contributed by atoms with E-state index < -0.39 is 0 Å². The van der Waals surface area contributed by atoms with Gasteiger partial charge in [-0.05, 0) is 36.8 Å². The van der Waals surface area contributed by atoms with Gasteiger partial charge in [-0.25, -0.2) is 9.67 Å². The summed E-state index contributed by atoms with van der Waals surface area (Å²) in [6, 6.07) is 3.83. The van der Waals surface area contributed by atoms with Gasteiger partial charge in [0.05, 0.1) is 0 Å². The topological polar surface area (TPSA) is 80.0 Å². The van der Waals surface area contributed by atoms with Gasteiger partial charge in [-0.3, -0.25) is 4.79 Å². The van der Waals surface area contributed by atoms with Crippen molar-refractivity contribution < 1.29 is 4.79 Å². The van der Waals surface area contributed by atoms with Gasteiger partial charge in [0.25, 0.3) is 0 Å². The van der Waals surface area contributed by atoms with Gasteiger partial charge >= 0.3 is 0 Å². The van der Waals surface area contributed by atoms with Gasteiger partial charge in [0.1, 0.15) is 12.7 Å². The van der Waals surface area contributed by atoms with E-state index in [1.165, 1.54) is 12.7 Å². The Bertz CT molecular complexity index is 809. The highest BCUT2D eigenvalue weighted by Crippen LogP contribution is 2.44. The Balaban J connectivity index is 1.20. The number of carbonyl (C=O) groups is 1. The molecule has 0 N–H and O–H groups in total. The molecule has 2 aromatic heterocycles. The lowest BCUT2D eigenvalue weighted by molar-refractivity contribution is -0.136. The predicted octanol–water partition coefficient (Wildman–Crippen LogP) is 0.918. The molecule has 3 atom stereocenters. The van der Waals surface area contributed by atoms with Crippen LogP contribution in [0.25, 0.3) is 5.82 Å². The van der Waals surface area contributed by atoms with Crippen molar-refractivity contribution in [3.05, 3.63) is 36.9 Å². The molecule has 5 rings (SSSR count). The number of piperazine rings is 1. The lowest BCUT2D eigenvalue weighted by atomic mass is 9.92. The lowest BCUT2D eigenvalue weighted by Gasteiger charge is -2.37. The first kappa shape index (κ1) is 15.5. The van der Waals surface area contributed by atoms with Crippen molar-refractivity contribution in [3.63, 3.8) is 0 Å². The van der Waals surface area contributed by atoms with Gasteiger partial charge in [0.2, 0.25) is 5.91 Å². The fourth-order valence-electron chi connectivity index (χ4n) is 4.39. The minimum absolute atomic E-state index is 0.207. The van der Waals surface area contributed by atoms with E-state index in [0.29, 0.717) is 23.6 Å². The SMILES string of the molecule is O=C(C1CC2C=CC1C2)N1CCN(c2ccc(-n3cncn3)nn2)CC1. The second kappa shape index (κ2) is 6.19. The van der Waals surface area contributed by atoms with Crippen LogP contribution in [0, 0.1) is 17.8 Å². The molecular weight excluding hydrogens is 330 g/mol. The molecule has 2 fully saturated rings. The minimum atomic E-state index is 0.207. The Morgan fingerprint density at radius 1 is 1.00 bits per heavy atom. The van der Waals surface area contributed by atoms with E-state index in [1.54, 1.807) is 11.0 Å². The maximum atomic E-state index is 12.8. The molecular formula is C18H21N7O. The molecule has 0 aromatic carbocycles. The van der Waals surface area contributed by atoms with Gasteiger partial charge < -0.3 is 9.80 Å². The summed E-state index contributed by atoms with van der Waals surface area (Å²) in [5.41, 5.74) is 0. The van der Waals surface area contributed by atoms with Crippen LogP contribution in [0.2, 0.25) is 0 Å². The zero-order valence-electron chi connectivity index (χ0n) is 14.5. The summed E-state index contributed by atoms with van der Waals surface area (Å²) in [5.74, 6) is 3.13. The van der Waals surface area contributed by atoms with Gasteiger partial charge in [0, 0.05) is 32.1 Å². The molecule has 3 unspecified atom stereocenters. The van der Waals surface area contributed by atoms with Crippen LogP contribution in [0.15, 0.2) is 36.9 Å². The summed E-state index contributed by atoms with van der Waals surface area (Å²) in [6.45, 7) is 3.09. The first-order valence-electron chi connectivity index (χ1n) is 9.19. The van der Waals surface area contributed by atoms with Crippen molar-refractivity contribution in [2.75, 3.05) is 31.1 Å². The molecule has 3 heterocycles. The standard InChI is InChI=1S/C18H21N7O/c26-18(15-10-13-1-2-14(15)9-13)24-7-5-23(6-8-24)16-3-4-17(22-21-16)25-12-19-11-20-25/h1-4,11-15H,5-10H2. The summed E-state index contributed by atoms with van der Waals surface area (Å²) in [6.07, 6.45) is 9.81. The number of allylic oxidation sites excluding steroid dienone is 2. The lowest BCUT2D eigenvalue weighted by Crippen LogP contribution is -2.51. The highest BCUT2D eigenvalue weighted by atomic mass is 16.2. The molecule has 1 aliphatic heterocycles. The highest BCUT2D eigenvalue weighted by molar-refractivity contribution is 5.80. The van der Waals surface area contributed by atoms with Crippen molar-refractivity contribution in [2.24, 2.45) is 17.8 Å². The fraction of sp³-hybridized carbons (Fsp3) is 0.500. The van der Waals surface area contributed by atoms with Crippen LogP contribution in [-0.4, -0.2) is 61.9 Å². The molecule has 1 saturated carbocycles. The van der Waals surface area contributed by atoms with Crippen molar-refractivity contribution in [1.29, 1.82) is 0 Å². The van der Waals surface area contributed by atoms with Crippen LogP contribution in [-0.2, 0) is 4.79 Å². The Morgan fingerprint density at radius 3 is 2.42 bits per heavy atom. The fourth-order valence-corrected chi connectivity index (χ4v) is 4.39. The van der Waals surface area contributed by atoms with Crippen LogP contribution < -0.4 is 4.90 Å². The molecule has 3 aliphatic rings. The molecule has 8 heteroatoms. The van der Waals surface area contributed by atoms with Crippen LogP contribution >= 0.6 is 0 Å². The number of amides is 1. The zero-order valence-corrected chi connectivity index (χ0v) is 14.5. The maximum absolute atomic E-state index is 12.8. The molecule has 1 amide bonds. The largest absolute Gasteiger partial charge is 0.352 e. The van der Waals surface area contributed by atoms with Crippen molar-refractivity contribution in [2.45, 2.75) is 12.8 Å². The molecule has 26 heavy (non-hydrogen) atoms. The second-order valence-electron chi connectivity index (χ2n) is 7.29. The normalized spacial score (nSPS) is 27.3. The molecule has 8 nitrogen and oxygen atoms in total. The van der Waals surface area contributed by atoms with Gasteiger partial charge in [-0.2, -0.15) is 5.10 Å². The average molecular weight is 351 g/mol. The van der Waals surface area contributed by atoms with E-state index in [2.05, 4.69) is 37.3 Å². The summed E-state index contributed by atoms with van der Waals surface area (Å²) in [7, 11) is 0. The van der Waals surface area contributed by atoms with Crippen LogP contribution in [0.1, 0.15) is 12.8 Å². The number of hydrogen-bond acceptors (Lipinski definition) is 6. The molecule has 2 aliphatic carbocycles. The van der Waals surface area contributed by atoms with Crippen molar-refractivity contribution in [3.8, 4) is 5.82 Å². The van der Waals surface area contributed by atoms with E-state index in [4.69, 9.17) is 0 Å². The quantitative estimate of drug-likeness (QED) is 0.765. The van der Waals surface area contributed by atoms with E-state index in [-0.39, 0.29) is 5.92 Å².